The van der Waals surface area contributed by atoms with Gasteiger partial charge in [-0.05, 0) is 38.0 Å². The molecule has 1 aliphatic rings. The number of carbonyl (C=O) groups is 1. The lowest BCUT2D eigenvalue weighted by molar-refractivity contribution is -0.129. The van der Waals surface area contributed by atoms with Crippen molar-refractivity contribution in [2.24, 2.45) is 11.8 Å². The Labute approximate surface area is 99.6 Å². The van der Waals surface area contributed by atoms with Crippen LogP contribution in [0.15, 0.2) is 0 Å². The van der Waals surface area contributed by atoms with E-state index in [1.165, 1.54) is 19.3 Å². The van der Waals surface area contributed by atoms with Gasteiger partial charge in [-0.2, -0.15) is 0 Å². The Morgan fingerprint density at radius 1 is 1.38 bits per heavy atom. The Morgan fingerprint density at radius 2 is 2.06 bits per heavy atom. The van der Waals surface area contributed by atoms with Crippen molar-refractivity contribution in [2.45, 2.75) is 46.1 Å². The number of hydrogen-bond donors (Lipinski definition) is 1. The third-order valence-corrected chi connectivity index (χ3v) is 3.85. The molecule has 1 saturated carbocycles. The molecular weight excluding hydrogens is 200 g/mol. The highest BCUT2D eigenvalue weighted by Crippen LogP contribution is 2.28. The van der Waals surface area contributed by atoms with Gasteiger partial charge in [0.05, 0.1) is 6.54 Å². The van der Waals surface area contributed by atoms with Gasteiger partial charge >= 0.3 is 0 Å². The summed E-state index contributed by atoms with van der Waals surface area (Å²) < 4.78 is 0. The lowest BCUT2D eigenvalue weighted by Gasteiger charge is -2.33. The minimum Gasteiger partial charge on any atom is -0.345 e. The van der Waals surface area contributed by atoms with Crippen LogP contribution in [-0.2, 0) is 4.79 Å². The predicted molar refractivity (Wildman–Crippen MR) is 67.3 cm³/mol. The van der Waals surface area contributed by atoms with Crippen LogP contribution >= 0.6 is 0 Å². The smallest absolute Gasteiger partial charge is 0.236 e. The number of rotatable bonds is 4. The number of amides is 1. The fourth-order valence-corrected chi connectivity index (χ4v) is 2.50. The third-order valence-electron chi connectivity index (χ3n) is 3.85. The molecule has 0 aromatic carbocycles. The lowest BCUT2D eigenvalue weighted by Crippen LogP contribution is -2.44. The van der Waals surface area contributed by atoms with Crippen molar-refractivity contribution in [2.75, 3.05) is 20.1 Å². The fourth-order valence-electron chi connectivity index (χ4n) is 2.50. The fraction of sp³-hybridized carbons (Fsp3) is 0.923. The van der Waals surface area contributed by atoms with Crippen molar-refractivity contribution >= 4 is 5.91 Å². The average molecular weight is 226 g/mol. The summed E-state index contributed by atoms with van der Waals surface area (Å²) in [6, 6.07) is 0.533. The van der Waals surface area contributed by atoms with Crippen LogP contribution in [0.3, 0.4) is 0 Å². The van der Waals surface area contributed by atoms with Crippen molar-refractivity contribution in [1.29, 1.82) is 0 Å². The Hall–Kier alpha value is -0.570. The van der Waals surface area contributed by atoms with E-state index in [1.807, 2.05) is 14.0 Å². The van der Waals surface area contributed by atoms with Crippen molar-refractivity contribution < 1.29 is 4.79 Å². The van der Waals surface area contributed by atoms with Gasteiger partial charge in [0.25, 0.3) is 0 Å². The van der Waals surface area contributed by atoms with Gasteiger partial charge in [0, 0.05) is 19.6 Å². The van der Waals surface area contributed by atoms with E-state index in [0.29, 0.717) is 18.5 Å². The van der Waals surface area contributed by atoms with E-state index < -0.39 is 0 Å². The molecule has 1 amide bonds. The molecule has 1 fully saturated rings. The minimum atomic E-state index is 0.202. The second kappa shape index (κ2) is 6.24. The van der Waals surface area contributed by atoms with Crippen molar-refractivity contribution in [3.63, 3.8) is 0 Å². The van der Waals surface area contributed by atoms with E-state index in [4.69, 9.17) is 0 Å². The molecule has 0 radical (unpaired) electrons. The van der Waals surface area contributed by atoms with Gasteiger partial charge < -0.3 is 10.2 Å². The quantitative estimate of drug-likeness (QED) is 0.794. The number of nitrogens with one attached hydrogen (secondary N) is 1. The van der Waals surface area contributed by atoms with Crippen molar-refractivity contribution in [3.8, 4) is 0 Å². The lowest BCUT2D eigenvalue weighted by atomic mass is 9.80. The van der Waals surface area contributed by atoms with Gasteiger partial charge in [-0.15, -0.1) is 0 Å². The summed E-state index contributed by atoms with van der Waals surface area (Å²) in [6.07, 6.45) is 3.79. The van der Waals surface area contributed by atoms with E-state index in [2.05, 4.69) is 19.2 Å². The molecule has 16 heavy (non-hydrogen) atoms. The van der Waals surface area contributed by atoms with Gasteiger partial charge in [-0.1, -0.05) is 13.8 Å². The predicted octanol–water partition coefficient (Wildman–Crippen LogP) is 1.88. The Kier molecular flexibility index (Phi) is 5.26. The topological polar surface area (TPSA) is 32.3 Å². The summed E-state index contributed by atoms with van der Waals surface area (Å²) >= 11 is 0. The molecule has 1 N–H and O–H groups in total. The Balaban J connectivity index is 2.29. The molecule has 0 bridgehead atoms. The summed E-state index contributed by atoms with van der Waals surface area (Å²) in [5.41, 5.74) is 0. The van der Waals surface area contributed by atoms with Gasteiger partial charge in [0.15, 0.2) is 0 Å². The molecular formula is C13H26N2O. The summed E-state index contributed by atoms with van der Waals surface area (Å²) in [6.45, 7) is 7.90. The van der Waals surface area contributed by atoms with E-state index in [9.17, 15) is 4.79 Å². The molecule has 3 unspecified atom stereocenters. The van der Waals surface area contributed by atoms with Crippen LogP contribution in [0, 0.1) is 11.8 Å². The second-order valence-electron chi connectivity index (χ2n) is 5.29. The molecule has 94 valence electrons. The number of likely N-dealkylation sites (N-methyl/N-ethyl adjacent to an activating group) is 1. The van der Waals surface area contributed by atoms with E-state index in [-0.39, 0.29) is 5.91 Å². The molecule has 0 aliphatic heterocycles. The van der Waals surface area contributed by atoms with E-state index >= 15 is 0 Å². The first-order chi connectivity index (χ1) is 7.54. The highest BCUT2D eigenvalue weighted by Gasteiger charge is 2.25. The molecule has 1 aliphatic carbocycles. The maximum Gasteiger partial charge on any atom is 0.236 e. The zero-order valence-electron chi connectivity index (χ0n) is 11.1. The first-order valence-corrected chi connectivity index (χ1v) is 6.52. The maximum atomic E-state index is 11.7. The summed E-state index contributed by atoms with van der Waals surface area (Å²) in [7, 11) is 1.86. The second-order valence-corrected chi connectivity index (χ2v) is 5.29. The third kappa shape index (κ3) is 3.78. The summed E-state index contributed by atoms with van der Waals surface area (Å²) in [5.74, 6) is 1.75. The molecule has 0 aromatic heterocycles. The van der Waals surface area contributed by atoms with Crippen molar-refractivity contribution in [1.82, 2.24) is 10.2 Å². The van der Waals surface area contributed by atoms with E-state index in [1.54, 1.807) is 4.90 Å². The van der Waals surface area contributed by atoms with E-state index in [0.717, 1.165) is 12.5 Å². The van der Waals surface area contributed by atoms with Gasteiger partial charge in [0.1, 0.15) is 0 Å². The van der Waals surface area contributed by atoms with Crippen LogP contribution in [0.1, 0.15) is 40.0 Å². The van der Waals surface area contributed by atoms with Crippen LogP contribution in [0.2, 0.25) is 0 Å². The molecule has 0 spiro atoms. The van der Waals surface area contributed by atoms with Gasteiger partial charge in [0.2, 0.25) is 5.91 Å². The first-order valence-electron chi connectivity index (χ1n) is 6.52. The molecule has 0 saturated heterocycles. The number of carbonyl (C=O) groups excluding carboxylic acids is 1. The Bertz CT molecular complexity index is 230. The number of nitrogens with zero attached hydrogens (tertiary/aromatic N) is 1. The largest absolute Gasteiger partial charge is 0.345 e. The van der Waals surface area contributed by atoms with Crippen LogP contribution in [-0.4, -0.2) is 37.0 Å². The molecule has 3 heteroatoms. The van der Waals surface area contributed by atoms with Crippen LogP contribution in [0.25, 0.3) is 0 Å². The molecule has 3 atom stereocenters. The standard InChI is InChI=1S/C13H26N2O/c1-5-15(4)13(16)9-14-12-7-6-10(2)8-11(12)3/h10-12,14H,5-9H2,1-4H3. The Morgan fingerprint density at radius 3 is 2.62 bits per heavy atom. The zero-order valence-corrected chi connectivity index (χ0v) is 11.1. The highest BCUT2D eigenvalue weighted by atomic mass is 16.2. The molecule has 3 nitrogen and oxygen atoms in total. The monoisotopic (exact) mass is 226 g/mol. The minimum absolute atomic E-state index is 0.202. The molecule has 0 heterocycles. The molecule has 1 rings (SSSR count). The normalized spacial score (nSPS) is 30.1. The SMILES string of the molecule is CCN(C)C(=O)CNC1CCC(C)CC1C. The first kappa shape index (κ1) is 13.5. The van der Waals surface area contributed by atoms with Crippen LogP contribution < -0.4 is 5.32 Å². The van der Waals surface area contributed by atoms with Gasteiger partial charge in [-0.3, -0.25) is 4.79 Å². The van der Waals surface area contributed by atoms with Crippen LogP contribution in [0.5, 0.6) is 0 Å². The number of hydrogen-bond acceptors (Lipinski definition) is 2. The maximum absolute atomic E-state index is 11.7. The van der Waals surface area contributed by atoms with Crippen LogP contribution in [0.4, 0.5) is 0 Å². The van der Waals surface area contributed by atoms with Crippen molar-refractivity contribution in [3.05, 3.63) is 0 Å². The summed E-state index contributed by atoms with van der Waals surface area (Å²) in [5, 5.41) is 3.42. The zero-order chi connectivity index (χ0) is 12.1. The molecule has 0 aromatic rings. The highest BCUT2D eigenvalue weighted by molar-refractivity contribution is 5.77. The van der Waals surface area contributed by atoms with Gasteiger partial charge in [-0.25, -0.2) is 0 Å². The summed E-state index contributed by atoms with van der Waals surface area (Å²) in [4.78, 5) is 13.4. The average Bonchev–Trinajstić information content (AvgIpc) is 2.26.